The third-order valence-electron chi connectivity index (χ3n) is 3.71. The van der Waals surface area contributed by atoms with Crippen LogP contribution < -0.4 is 14.8 Å². The molecule has 0 aromatic heterocycles. The molecule has 0 heterocycles. The van der Waals surface area contributed by atoms with E-state index in [0.29, 0.717) is 0 Å². The highest BCUT2D eigenvalue weighted by Crippen LogP contribution is 2.27. The smallest absolute Gasteiger partial charge is 0.338 e. The number of rotatable bonds is 7. The Balaban J connectivity index is 2.33. The van der Waals surface area contributed by atoms with Crippen molar-refractivity contribution in [1.82, 2.24) is 5.32 Å². The molecule has 1 atom stereocenters. The molecule has 10 heteroatoms. The summed E-state index contributed by atoms with van der Waals surface area (Å²) >= 11 is 0. The van der Waals surface area contributed by atoms with Crippen molar-refractivity contribution >= 4 is 27.6 Å². The third-order valence-corrected chi connectivity index (χ3v) is 5.09. The normalized spacial score (nSPS) is 12.0. The van der Waals surface area contributed by atoms with Crippen LogP contribution in [0.1, 0.15) is 17.3 Å². The van der Waals surface area contributed by atoms with E-state index in [1.165, 1.54) is 33.2 Å². The number of amides is 1. The van der Waals surface area contributed by atoms with Crippen molar-refractivity contribution in [2.75, 3.05) is 18.9 Å². The molecule has 150 valence electrons. The number of ether oxygens (including phenoxy) is 2. The van der Waals surface area contributed by atoms with E-state index in [-0.39, 0.29) is 17.0 Å². The summed E-state index contributed by atoms with van der Waals surface area (Å²) in [7, 11) is -1.64. The highest BCUT2D eigenvalue weighted by molar-refractivity contribution is 7.92. The molecular formula is C18H19FN2O6S. The Morgan fingerprint density at radius 1 is 1.14 bits per heavy atom. The Kier molecular flexibility index (Phi) is 6.57. The van der Waals surface area contributed by atoms with Crippen molar-refractivity contribution in [1.29, 1.82) is 0 Å². The van der Waals surface area contributed by atoms with Crippen molar-refractivity contribution in [3.8, 4) is 5.75 Å². The number of carbonyl (C=O) groups excluding carboxylic acids is 2. The lowest BCUT2D eigenvalue weighted by atomic mass is 10.2. The van der Waals surface area contributed by atoms with Gasteiger partial charge in [-0.3, -0.25) is 9.52 Å². The number of carbonyl (C=O) groups is 2. The van der Waals surface area contributed by atoms with E-state index in [1.54, 1.807) is 12.1 Å². The quantitative estimate of drug-likeness (QED) is 0.675. The van der Waals surface area contributed by atoms with Crippen LogP contribution in [0.5, 0.6) is 5.75 Å². The van der Waals surface area contributed by atoms with Crippen LogP contribution in [-0.4, -0.2) is 40.6 Å². The molecule has 0 aliphatic heterocycles. The van der Waals surface area contributed by atoms with Gasteiger partial charge in [-0.25, -0.2) is 17.6 Å². The number of sulfonamides is 1. The fourth-order valence-electron chi connectivity index (χ4n) is 2.25. The molecule has 0 bridgehead atoms. The van der Waals surface area contributed by atoms with E-state index in [0.717, 1.165) is 18.2 Å². The van der Waals surface area contributed by atoms with E-state index in [2.05, 4.69) is 10.0 Å². The molecule has 0 saturated heterocycles. The minimum Gasteiger partial charge on any atom is -0.495 e. The molecular weight excluding hydrogens is 391 g/mol. The van der Waals surface area contributed by atoms with Gasteiger partial charge in [0, 0.05) is 7.05 Å². The summed E-state index contributed by atoms with van der Waals surface area (Å²) in [5.74, 6) is -2.33. The number of benzene rings is 2. The lowest BCUT2D eigenvalue weighted by Gasteiger charge is -2.14. The van der Waals surface area contributed by atoms with Gasteiger partial charge in [0.15, 0.2) is 6.10 Å². The van der Waals surface area contributed by atoms with Gasteiger partial charge < -0.3 is 14.8 Å². The zero-order chi connectivity index (χ0) is 20.9. The van der Waals surface area contributed by atoms with Crippen molar-refractivity contribution in [2.45, 2.75) is 17.9 Å². The fraction of sp³-hybridized carbons (Fsp3) is 0.222. The maximum absolute atomic E-state index is 14.2. The summed E-state index contributed by atoms with van der Waals surface area (Å²) in [6.07, 6.45) is -1.10. The average molecular weight is 410 g/mol. The average Bonchev–Trinajstić information content (AvgIpc) is 2.67. The first-order valence-corrected chi connectivity index (χ1v) is 9.56. The largest absolute Gasteiger partial charge is 0.495 e. The Morgan fingerprint density at radius 3 is 2.46 bits per heavy atom. The Hall–Kier alpha value is -3.14. The zero-order valence-electron chi connectivity index (χ0n) is 15.4. The van der Waals surface area contributed by atoms with E-state index in [1.807, 2.05) is 0 Å². The molecule has 0 spiro atoms. The van der Waals surface area contributed by atoms with E-state index in [9.17, 15) is 22.4 Å². The summed E-state index contributed by atoms with van der Waals surface area (Å²) in [5.41, 5.74) is -0.122. The molecule has 1 amide bonds. The van der Waals surface area contributed by atoms with Gasteiger partial charge in [0.25, 0.3) is 15.9 Å². The predicted molar refractivity (Wildman–Crippen MR) is 99.1 cm³/mol. The number of anilines is 1. The van der Waals surface area contributed by atoms with Gasteiger partial charge in [0.1, 0.15) is 16.5 Å². The molecule has 0 aliphatic carbocycles. The van der Waals surface area contributed by atoms with Crippen molar-refractivity contribution in [3.05, 3.63) is 53.8 Å². The Bertz CT molecular complexity index is 993. The molecule has 28 heavy (non-hydrogen) atoms. The summed E-state index contributed by atoms with van der Waals surface area (Å²) in [5, 5.41) is 2.31. The molecule has 0 unspecified atom stereocenters. The maximum Gasteiger partial charge on any atom is 0.338 e. The van der Waals surface area contributed by atoms with Crippen LogP contribution in [0.4, 0.5) is 10.1 Å². The first-order chi connectivity index (χ1) is 13.2. The van der Waals surface area contributed by atoms with Gasteiger partial charge in [0.05, 0.1) is 18.4 Å². The number of hydrogen-bond acceptors (Lipinski definition) is 6. The molecule has 2 aromatic carbocycles. The van der Waals surface area contributed by atoms with Crippen LogP contribution in [0.25, 0.3) is 0 Å². The van der Waals surface area contributed by atoms with E-state index in [4.69, 9.17) is 9.47 Å². The van der Waals surface area contributed by atoms with Gasteiger partial charge in [-0.05, 0) is 37.3 Å². The monoisotopic (exact) mass is 410 g/mol. The number of methoxy groups -OCH3 is 1. The van der Waals surface area contributed by atoms with Crippen LogP contribution in [-0.2, 0) is 19.6 Å². The van der Waals surface area contributed by atoms with Gasteiger partial charge in [0.2, 0.25) is 0 Å². The second-order valence-corrected chi connectivity index (χ2v) is 7.26. The number of esters is 1. The standard InChI is InChI=1S/C18H19FN2O6S/c1-11(17(22)20-2)27-18(23)12-8-9-13(19)16(10-12)28(24,25)21-14-6-4-5-7-15(14)26-3/h4-11,21H,1-3H3,(H,20,22)/t11-/m0/s1. The van der Waals surface area contributed by atoms with Gasteiger partial charge in [-0.15, -0.1) is 0 Å². The number of likely N-dealkylation sites (N-methyl/N-ethyl adjacent to an activating group) is 1. The molecule has 2 N–H and O–H groups in total. The van der Waals surface area contributed by atoms with Gasteiger partial charge in [-0.2, -0.15) is 0 Å². The predicted octanol–water partition coefficient (Wildman–Crippen LogP) is 1.93. The lowest BCUT2D eigenvalue weighted by Crippen LogP contribution is -2.33. The maximum atomic E-state index is 14.2. The molecule has 0 saturated carbocycles. The zero-order valence-corrected chi connectivity index (χ0v) is 16.2. The van der Waals surface area contributed by atoms with Gasteiger partial charge >= 0.3 is 5.97 Å². The summed E-state index contributed by atoms with van der Waals surface area (Å²) in [6, 6.07) is 8.92. The minimum atomic E-state index is -4.37. The summed E-state index contributed by atoms with van der Waals surface area (Å²) in [6.45, 7) is 1.35. The third kappa shape index (κ3) is 4.77. The number of halogens is 1. The second-order valence-electron chi connectivity index (χ2n) is 5.61. The minimum absolute atomic E-state index is 0.102. The summed E-state index contributed by atoms with van der Waals surface area (Å²) < 4.78 is 51.7. The highest BCUT2D eigenvalue weighted by Gasteiger charge is 2.24. The van der Waals surface area contributed by atoms with E-state index >= 15 is 0 Å². The lowest BCUT2D eigenvalue weighted by molar-refractivity contribution is -0.128. The molecule has 0 fully saturated rings. The van der Waals surface area contributed by atoms with E-state index < -0.39 is 38.7 Å². The van der Waals surface area contributed by atoms with Gasteiger partial charge in [-0.1, -0.05) is 12.1 Å². The molecule has 0 aliphatic rings. The van der Waals surface area contributed by atoms with Crippen LogP contribution in [0.15, 0.2) is 47.4 Å². The molecule has 0 radical (unpaired) electrons. The first-order valence-electron chi connectivity index (χ1n) is 8.07. The van der Waals surface area contributed by atoms with Crippen LogP contribution in [0, 0.1) is 5.82 Å². The van der Waals surface area contributed by atoms with Crippen LogP contribution in [0.2, 0.25) is 0 Å². The molecule has 8 nitrogen and oxygen atoms in total. The van der Waals surface area contributed by atoms with Crippen LogP contribution in [0.3, 0.4) is 0 Å². The number of hydrogen-bond donors (Lipinski definition) is 2. The Labute approximate surface area is 161 Å². The molecule has 2 rings (SSSR count). The highest BCUT2D eigenvalue weighted by atomic mass is 32.2. The SMILES string of the molecule is CNC(=O)[C@H](C)OC(=O)c1ccc(F)c(S(=O)(=O)Nc2ccccc2OC)c1. The second kappa shape index (κ2) is 8.70. The topological polar surface area (TPSA) is 111 Å². The first kappa shape index (κ1) is 21.2. The fourth-order valence-corrected chi connectivity index (χ4v) is 3.43. The van der Waals surface area contributed by atoms with Crippen LogP contribution >= 0.6 is 0 Å². The molecule has 2 aromatic rings. The number of nitrogens with one attached hydrogen (secondary N) is 2. The van der Waals surface area contributed by atoms with Crippen molar-refractivity contribution in [2.24, 2.45) is 0 Å². The summed E-state index contributed by atoms with van der Waals surface area (Å²) in [4.78, 5) is 22.9. The van der Waals surface area contributed by atoms with Crippen molar-refractivity contribution < 1.29 is 31.9 Å². The van der Waals surface area contributed by atoms with Crippen molar-refractivity contribution in [3.63, 3.8) is 0 Å². The Morgan fingerprint density at radius 2 is 1.82 bits per heavy atom. The number of para-hydroxylation sites is 2.